The predicted octanol–water partition coefficient (Wildman–Crippen LogP) is 0.703. The van der Waals surface area contributed by atoms with Gasteiger partial charge in [0, 0.05) is 31.4 Å². The van der Waals surface area contributed by atoms with Crippen LogP contribution < -0.4 is 21.7 Å². The Morgan fingerprint density at radius 2 is 2.00 bits per heavy atom. The van der Waals surface area contributed by atoms with Crippen LogP contribution in [0, 0.1) is 17.8 Å². The number of hydrogen-bond acceptors (Lipinski definition) is 7. The predicted molar refractivity (Wildman–Crippen MR) is 106 cm³/mol. The van der Waals surface area contributed by atoms with Gasteiger partial charge < -0.3 is 21.7 Å². The Kier molecular flexibility index (Phi) is 4.29. The molecule has 2 bridgehead atoms. The second-order valence-electron chi connectivity index (χ2n) is 7.50. The Morgan fingerprint density at radius 1 is 1.25 bits per heavy atom. The fraction of sp³-hybridized carbons (Fsp3) is 0.368. The van der Waals surface area contributed by atoms with Gasteiger partial charge in [0.15, 0.2) is 0 Å². The van der Waals surface area contributed by atoms with E-state index in [1.54, 1.807) is 18.2 Å². The summed E-state index contributed by atoms with van der Waals surface area (Å²) in [6.45, 7) is 0. The number of nitrogens with one attached hydrogen (secondary N) is 1. The van der Waals surface area contributed by atoms with Crippen molar-refractivity contribution in [1.29, 1.82) is 0 Å². The second kappa shape index (κ2) is 6.66. The lowest BCUT2D eigenvalue weighted by Crippen LogP contribution is -2.41. The number of fused-ring (bicyclic) bond motifs is 2. The Bertz CT molecular complexity index is 965. The van der Waals surface area contributed by atoms with E-state index in [2.05, 4.69) is 21.5 Å². The van der Waals surface area contributed by atoms with Gasteiger partial charge >= 0.3 is 0 Å². The van der Waals surface area contributed by atoms with Gasteiger partial charge in [-0.25, -0.2) is 0 Å². The zero-order valence-electron chi connectivity index (χ0n) is 15.7. The quantitative estimate of drug-likeness (QED) is 0.650. The summed E-state index contributed by atoms with van der Waals surface area (Å²) < 4.78 is 1.15. The number of nitrogen functional groups attached to an aromatic ring is 1. The van der Waals surface area contributed by atoms with Crippen molar-refractivity contribution in [2.45, 2.75) is 12.5 Å². The van der Waals surface area contributed by atoms with Gasteiger partial charge in [-0.2, -0.15) is 9.67 Å². The van der Waals surface area contributed by atoms with E-state index in [9.17, 15) is 9.59 Å². The third kappa shape index (κ3) is 2.98. The molecule has 1 aromatic carbocycles. The Morgan fingerprint density at radius 3 is 2.71 bits per heavy atom. The van der Waals surface area contributed by atoms with Crippen LogP contribution in [0.5, 0.6) is 0 Å². The van der Waals surface area contributed by atoms with E-state index in [0.29, 0.717) is 5.56 Å². The molecule has 4 rings (SSSR count). The minimum absolute atomic E-state index is 0.0195. The van der Waals surface area contributed by atoms with Gasteiger partial charge in [-0.05, 0) is 36.5 Å². The molecule has 28 heavy (non-hydrogen) atoms. The van der Waals surface area contributed by atoms with Gasteiger partial charge in [0.1, 0.15) is 0 Å². The largest absolute Gasteiger partial charge is 0.378 e. The van der Waals surface area contributed by atoms with Gasteiger partial charge in [0.25, 0.3) is 5.91 Å². The maximum atomic E-state index is 13.0. The minimum Gasteiger partial charge on any atom is -0.378 e. The summed E-state index contributed by atoms with van der Waals surface area (Å²) in [4.78, 5) is 31.1. The van der Waals surface area contributed by atoms with Crippen LogP contribution in [-0.4, -0.2) is 46.7 Å². The topological polar surface area (TPSA) is 132 Å². The number of carbonyl (C=O) groups excluding carboxylic acids is 2. The van der Waals surface area contributed by atoms with E-state index in [1.807, 2.05) is 31.1 Å². The molecule has 4 unspecified atom stereocenters. The molecule has 5 N–H and O–H groups in total. The van der Waals surface area contributed by atoms with Crippen LogP contribution in [0.2, 0.25) is 0 Å². The van der Waals surface area contributed by atoms with E-state index < -0.39 is 0 Å². The van der Waals surface area contributed by atoms with Crippen LogP contribution in [0.1, 0.15) is 16.8 Å². The molecule has 0 radical (unpaired) electrons. The summed E-state index contributed by atoms with van der Waals surface area (Å²) in [6, 6.07) is 6.96. The third-order valence-corrected chi connectivity index (χ3v) is 5.51. The first kappa shape index (κ1) is 18.0. The van der Waals surface area contributed by atoms with E-state index in [4.69, 9.17) is 11.5 Å². The molecular weight excluding hydrogens is 358 g/mol. The first-order valence-electron chi connectivity index (χ1n) is 9.14. The Balaban J connectivity index is 1.64. The number of nitrogens with two attached hydrogens (primary N) is 2. The SMILES string of the molecule is CN(C)c1cccc(C(=O)n2nc(N)nc2NC2C3C=CC(C3)C2C(N)=O)c1. The number of amides is 1. The molecule has 0 spiro atoms. The van der Waals surface area contributed by atoms with Gasteiger partial charge in [0.2, 0.25) is 17.8 Å². The third-order valence-electron chi connectivity index (χ3n) is 5.51. The van der Waals surface area contributed by atoms with Crippen molar-refractivity contribution in [3.8, 4) is 0 Å². The number of rotatable bonds is 5. The van der Waals surface area contributed by atoms with Crippen molar-refractivity contribution in [2.75, 3.05) is 30.0 Å². The number of primary amides is 1. The molecule has 1 fully saturated rings. The summed E-state index contributed by atoms with van der Waals surface area (Å²) >= 11 is 0. The van der Waals surface area contributed by atoms with Crippen LogP contribution in [0.3, 0.4) is 0 Å². The molecule has 1 saturated carbocycles. The maximum absolute atomic E-state index is 13.0. The van der Waals surface area contributed by atoms with Crippen molar-refractivity contribution in [2.24, 2.45) is 23.5 Å². The molecule has 9 nitrogen and oxygen atoms in total. The highest BCUT2D eigenvalue weighted by Crippen LogP contribution is 2.44. The fourth-order valence-electron chi connectivity index (χ4n) is 4.16. The Hall–Kier alpha value is -3.36. The summed E-state index contributed by atoms with van der Waals surface area (Å²) in [5, 5.41) is 7.27. The zero-order chi connectivity index (χ0) is 20.0. The number of nitrogens with zero attached hydrogens (tertiary/aromatic N) is 4. The highest BCUT2D eigenvalue weighted by molar-refractivity contribution is 5.97. The van der Waals surface area contributed by atoms with Crippen LogP contribution in [0.25, 0.3) is 0 Å². The maximum Gasteiger partial charge on any atom is 0.281 e. The number of anilines is 3. The first-order valence-corrected chi connectivity index (χ1v) is 9.14. The Labute approximate surface area is 162 Å². The lowest BCUT2D eigenvalue weighted by Gasteiger charge is -2.26. The molecule has 2 aliphatic rings. The standard InChI is InChI=1S/C19H23N7O2/c1-25(2)13-5-3-4-12(9-13)17(28)26-19(23-18(21)24-26)22-15-11-7-6-10(8-11)14(15)16(20)27/h3-7,9-11,14-15H,8H2,1-2H3,(H2,20,27)(H3,21,22,23,24). The number of allylic oxidation sites excluding steroid dienone is 1. The van der Waals surface area contributed by atoms with Crippen molar-refractivity contribution >= 4 is 29.4 Å². The number of benzene rings is 1. The van der Waals surface area contributed by atoms with Crippen LogP contribution >= 0.6 is 0 Å². The van der Waals surface area contributed by atoms with Crippen LogP contribution in [-0.2, 0) is 4.79 Å². The van der Waals surface area contributed by atoms with Gasteiger partial charge in [0.05, 0.1) is 5.92 Å². The van der Waals surface area contributed by atoms with E-state index >= 15 is 0 Å². The van der Waals surface area contributed by atoms with Crippen LogP contribution in [0.15, 0.2) is 36.4 Å². The van der Waals surface area contributed by atoms with E-state index in [1.165, 1.54) is 0 Å². The zero-order valence-corrected chi connectivity index (χ0v) is 15.7. The number of aromatic nitrogens is 3. The minimum atomic E-state index is -0.363. The second-order valence-corrected chi connectivity index (χ2v) is 7.50. The summed E-state index contributed by atoms with van der Waals surface area (Å²) in [5.74, 6) is -0.609. The highest BCUT2D eigenvalue weighted by atomic mass is 16.2. The van der Waals surface area contributed by atoms with E-state index in [0.717, 1.165) is 16.8 Å². The molecule has 0 aliphatic heterocycles. The normalized spacial score (nSPS) is 25.1. The lowest BCUT2D eigenvalue weighted by atomic mass is 9.88. The fourth-order valence-corrected chi connectivity index (χ4v) is 4.16. The van der Waals surface area contributed by atoms with Crippen molar-refractivity contribution in [1.82, 2.24) is 14.8 Å². The van der Waals surface area contributed by atoms with Crippen LogP contribution in [0.4, 0.5) is 17.6 Å². The molecule has 1 amide bonds. The summed E-state index contributed by atoms with van der Waals surface area (Å²) in [7, 11) is 3.80. The smallest absolute Gasteiger partial charge is 0.281 e. The van der Waals surface area contributed by atoms with Crippen molar-refractivity contribution in [3.63, 3.8) is 0 Å². The number of carbonyl (C=O) groups is 2. The molecule has 9 heteroatoms. The van der Waals surface area contributed by atoms with E-state index in [-0.39, 0.29) is 47.5 Å². The monoisotopic (exact) mass is 381 g/mol. The van der Waals surface area contributed by atoms with Crippen molar-refractivity contribution in [3.05, 3.63) is 42.0 Å². The average Bonchev–Trinajstić information content (AvgIpc) is 3.36. The molecule has 2 aromatic rings. The molecule has 146 valence electrons. The lowest BCUT2D eigenvalue weighted by molar-refractivity contribution is -0.122. The number of hydrogen-bond donors (Lipinski definition) is 3. The molecule has 2 aliphatic carbocycles. The molecule has 0 saturated heterocycles. The highest BCUT2D eigenvalue weighted by Gasteiger charge is 2.48. The van der Waals surface area contributed by atoms with Gasteiger partial charge in [-0.1, -0.05) is 18.2 Å². The molecule has 1 heterocycles. The van der Waals surface area contributed by atoms with Gasteiger partial charge in [-0.15, -0.1) is 5.10 Å². The van der Waals surface area contributed by atoms with Gasteiger partial charge in [-0.3, -0.25) is 9.59 Å². The molecule has 4 atom stereocenters. The van der Waals surface area contributed by atoms with Crippen molar-refractivity contribution < 1.29 is 9.59 Å². The average molecular weight is 381 g/mol. The molecular formula is C19H23N7O2. The summed E-state index contributed by atoms with van der Waals surface area (Å²) in [5.41, 5.74) is 12.7. The molecule has 1 aromatic heterocycles. The summed E-state index contributed by atoms with van der Waals surface area (Å²) in [6.07, 6.45) is 4.97. The first-order chi connectivity index (χ1) is 13.3.